The molecule has 1 aliphatic heterocycles. The lowest BCUT2D eigenvalue weighted by Crippen LogP contribution is -2.53. The minimum Gasteiger partial charge on any atom is -0.467 e. The third-order valence-electron chi connectivity index (χ3n) is 4.85. The van der Waals surface area contributed by atoms with Crippen LogP contribution in [0.25, 0.3) is 0 Å². The number of hydrogen-bond donors (Lipinski definition) is 2. The predicted octanol–water partition coefficient (Wildman–Crippen LogP) is 3.17. The number of nitrogens with zero attached hydrogens (tertiary/aromatic N) is 2. The molecule has 0 aliphatic carbocycles. The normalized spacial score (nSPS) is 17.2. The number of hydrogen-bond acceptors (Lipinski definition) is 4. The first kappa shape index (κ1) is 20.3. The summed E-state index contributed by atoms with van der Waals surface area (Å²) in [4.78, 5) is 34.2. The molecule has 2 atom stereocenters. The Hall–Kier alpha value is -2.42. The number of aromatic nitrogens is 2. The van der Waals surface area contributed by atoms with Crippen molar-refractivity contribution in [3.8, 4) is 0 Å². The number of carbonyl (C=O) groups is 2. The van der Waals surface area contributed by atoms with Gasteiger partial charge < -0.3 is 19.9 Å². The van der Waals surface area contributed by atoms with Crippen LogP contribution in [-0.4, -0.2) is 46.6 Å². The van der Waals surface area contributed by atoms with Gasteiger partial charge in [0.25, 0.3) is 0 Å². The van der Waals surface area contributed by atoms with Crippen molar-refractivity contribution in [1.82, 2.24) is 20.2 Å². The highest BCUT2D eigenvalue weighted by Crippen LogP contribution is 2.35. The van der Waals surface area contributed by atoms with Crippen molar-refractivity contribution in [2.24, 2.45) is 5.92 Å². The van der Waals surface area contributed by atoms with Gasteiger partial charge in [0.2, 0.25) is 0 Å². The summed E-state index contributed by atoms with van der Waals surface area (Å²) in [5.74, 6) is -1.02. The van der Waals surface area contributed by atoms with Crippen molar-refractivity contribution in [2.75, 3.05) is 13.7 Å². The fourth-order valence-electron chi connectivity index (χ4n) is 3.36. The van der Waals surface area contributed by atoms with Crippen molar-refractivity contribution in [3.63, 3.8) is 0 Å². The number of H-pyrrole nitrogens is 1. The van der Waals surface area contributed by atoms with Crippen LogP contribution in [-0.2, 0) is 16.0 Å². The predicted molar refractivity (Wildman–Crippen MR) is 104 cm³/mol. The first-order valence-electron chi connectivity index (χ1n) is 8.95. The van der Waals surface area contributed by atoms with E-state index in [9.17, 15) is 14.0 Å². The summed E-state index contributed by atoms with van der Waals surface area (Å²) in [5.41, 5.74) is 2.36. The summed E-state index contributed by atoms with van der Waals surface area (Å²) in [6, 6.07) is 2.96. The van der Waals surface area contributed by atoms with Gasteiger partial charge in [0.05, 0.1) is 23.6 Å². The van der Waals surface area contributed by atoms with Gasteiger partial charge >= 0.3 is 12.0 Å². The Kier molecular flexibility index (Phi) is 6.02. The molecule has 3 rings (SSSR count). The third-order valence-corrected chi connectivity index (χ3v) is 5.45. The molecular weight excluding hydrogens is 431 g/mol. The van der Waals surface area contributed by atoms with Crippen molar-refractivity contribution in [3.05, 3.63) is 51.8 Å². The molecule has 0 saturated heterocycles. The van der Waals surface area contributed by atoms with Crippen molar-refractivity contribution in [2.45, 2.75) is 32.4 Å². The Labute approximate surface area is 170 Å². The van der Waals surface area contributed by atoms with E-state index in [4.69, 9.17) is 4.74 Å². The van der Waals surface area contributed by atoms with Crippen LogP contribution < -0.4 is 5.32 Å². The first-order chi connectivity index (χ1) is 13.3. The molecule has 1 aromatic carbocycles. The number of urea groups is 1. The molecule has 9 heteroatoms. The van der Waals surface area contributed by atoms with E-state index < -0.39 is 24.1 Å². The van der Waals surface area contributed by atoms with E-state index in [-0.39, 0.29) is 11.7 Å². The average Bonchev–Trinajstić information content (AvgIpc) is 3.15. The van der Waals surface area contributed by atoms with E-state index in [2.05, 4.69) is 31.2 Å². The minimum absolute atomic E-state index is 0.138. The van der Waals surface area contributed by atoms with E-state index in [1.807, 2.05) is 13.8 Å². The van der Waals surface area contributed by atoms with Gasteiger partial charge in [-0.15, -0.1) is 0 Å². The summed E-state index contributed by atoms with van der Waals surface area (Å²) < 4.78 is 18.8. The molecule has 2 aromatic rings. The molecule has 150 valence electrons. The molecule has 2 amide bonds. The number of rotatable bonds is 4. The van der Waals surface area contributed by atoms with Gasteiger partial charge in [0.15, 0.2) is 0 Å². The monoisotopic (exact) mass is 452 g/mol. The molecule has 28 heavy (non-hydrogen) atoms. The number of imidazole rings is 1. The number of benzene rings is 1. The molecule has 0 radical (unpaired) electrons. The quantitative estimate of drug-likeness (QED) is 0.697. The summed E-state index contributed by atoms with van der Waals surface area (Å²) in [6.45, 7) is 4.09. The lowest BCUT2D eigenvalue weighted by Gasteiger charge is -2.36. The summed E-state index contributed by atoms with van der Waals surface area (Å²) in [5, 5.41) is 2.77. The maximum absolute atomic E-state index is 13.7. The zero-order valence-electron chi connectivity index (χ0n) is 15.8. The molecule has 0 bridgehead atoms. The third kappa shape index (κ3) is 3.89. The number of methoxy groups -OCH3 is 1. The largest absolute Gasteiger partial charge is 0.467 e. The van der Waals surface area contributed by atoms with Crippen LogP contribution in [0.1, 0.15) is 36.8 Å². The smallest absolute Gasteiger partial charge is 0.328 e. The van der Waals surface area contributed by atoms with E-state index in [1.165, 1.54) is 13.2 Å². The van der Waals surface area contributed by atoms with Gasteiger partial charge in [-0.3, -0.25) is 0 Å². The van der Waals surface area contributed by atoms with E-state index in [0.29, 0.717) is 23.1 Å². The highest BCUT2D eigenvalue weighted by Gasteiger charge is 2.36. The first-order valence-corrected chi connectivity index (χ1v) is 9.74. The number of nitrogens with one attached hydrogen (secondary N) is 2. The molecule has 2 N–H and O–H groups in total. The van der Waals surface area contributed by atoms with Crippen LogP contribution in [0.3, 0.4) is 0 Å². The second-order valence-corrected chi connectivity index (χ2v) is 7.83. The van der Waals surface area contributed by atoms with Crippen LogP contribution >= 0.6 is 15.9 Å². The van der Waals surface area contributed by atoms with Crippen molar-refractivity contribution in [1.29, 1.82) is 0 Å². The maximum Gasteiger partial charge on any atom is 0.328 e. The van der Waals surface area contributed by atoms with Crippen LogP contribution in [0.5, 0.6) is 0 Å². The van der Waals surface area contributed by atoms with Gasteiger partial charge in [-0.05, 0) is 39.5 Å². The van der Waals surface area contributed by atoms with Crippen molar-refractivity contribution >= 4 is 27.9 Å². The van der Waals surface area contributed by atoms with Gasteiger partial charge in [0, 0.05) is 18.7 Å². The number of esters is 1. The molecule has 0 spiro atoms. The molecule has 0 saturated carbocycles. The number of amides is 2. The average molecular weight is 453 g/mol. The van der Waals surface area contributed by atoms with Gasteiger partial charge in [0.1, 0.15) is 17.9 Å². The SMILES string of the molecule is COC(=O)[C@H](NC(=O)N1CCc2[nH]cnc2C1c1ccc(F)c(Br)c1)C(C)C. The van der Waals surface area contributed by atoms with Crippen LogP contribution in [0.15, 0.2) is 29.0 Å². The second-order valence-electron chi connectivity index (χ2n) is 6.98. The van der Waals surface area contributed by atoms with Gasteiger partial charge in [-0.1, -0.05) is 19.9 Å². The molecule has 1 unspecified atom stereocenters. The highest BCUT2D eigenvalue weighted by atomic mass is 79.9. The zero-order valence-corrected chi connectivity index (χ0v) is 17.4. The molecule has 1 aromatic heterocycles. The van der Waals surface area contributed by atoms with E-state index in [1.54, 1.807) is 23.4 Å². The number of ether oxygens (including phenoxy) is 1. The fourth-order valence-corrected chi connectivity index (χ4v) is 3.75. The molecular formula is C19H22BrFN4O3. The fraction of sp³-hybridized carbons (Fsp3) is 0.421. The topological polar surface area (TPSA) is 87.3 Å². The number of halogens is 2. The van der Waals surface area contributed by atoms with Crippen LogP contribution in [0.4, 0.5) is 9.18 Å². The Morgan fingerprint density at radius 2 is 2.18 bits per heavy atom. The van der Waals surface area contributed by atoms with Gasteiger partial charge in [-0.2, -0.15) is 0 Å². The lowest BCUT2D eigenvalue weighted by atomic mass is 9.96. The number of fused-ring (bicyclic) bond motifs is 1. The maximum atomic E-state index is 13.7. The molecule has 2 heterocycles. The van der Waals surface area contributed by atoms with Crippen LogP contribution in [0.2, 0.25) is 0 Å². The lowest BCUT2D eigenvalue weighted by molar-refractivity contribution is -0.144. The number of carbonyl (C=O) groups excluding carboxylic acids is 2. The zero-order chi connectivity index (χ0) is 20.4. The summed E-state index contributed by atoms with van der Waals surface area (Å²) in [6.07, 6.45) is 2.19. The van der Waals surface area contributed by atoms with E-state index in [0.717, 1.165) is 11.3 Å². The van der Waals surface area contributed by atoms with Crippen molar-refractivity contribution < 1.29 is 18.7 Å². The Bertz CT molecular complexity index is 886. The Balaban J connectivity index is 1.95. The van der Waals surface area contributed by atoms with Gasteiger partial charge in [-0.25, -0.2) is 19.0 Å². The second kappa shape index (κ2) is 8.30. The summed E-state index contributed by atoms with van der Waals surface area (Å²) in [7, 11) is 1.29. The molecule has 1 aliphatic rings. The highest BCUT2D eigenvalue weighted by molar-refractivity contribution is 9.10. The summed E-state index contributed by atoms with van der Waals surface area (Å²) >= 11 is 3.20. The van der Waals surface area contributed by atoms with Crippen LogP contribution in [0, 0.1) is 11.7 Å². The minimum atomic E-state index is -0.765. The Morgan fingerprint density at radius 1 is 1.43 bits per heavy atom. The molecule has 0 fully saturated rings. The number of aromatic amines is 1. The standard InChI is InChI=1S/C19H22BrFN4O3/c1-10(2)15(18(26)28-3)24-19(27)25-7-6-14-16(23-9-22-14)17(25)11-4-5-13(21)12(20)8-11/h4-5,8-10,15,17H,6-7H2,1-3H3,(H,22,23)(H,24,27)/t15-,17?/m1/s1. The van der Waals surface area contributed by atoms with E-state index >= 15 is 0 Å². The Morgan fingerprint density at radius 3 is 2.82 bits per heavy atom. The molecule has 7 nitrogen and oxygen atoms in total.